The highest BCUT2D eigenvalue weighted by Gasteiger charge is 2.37. The average molecular weight is 245 g/mol. The third-order valence-electron chi connectivity index (χ3n) is 4.68. The molecule has 3 heteroatoms. The molecule has 1 heterocycles. The van der Waals surface area contributed by atoms with Gasteiger partial charge in [-0.1, -0.05) is 26.7 Å². The molecule has 0 unspecified atom stereocenters. The molecule has 1 nitrogen and oxygen atoms in total. The molecular formula is C14H25F2N. The number of likely N-dealkylation sites (tertiary alicyclic amines) is 1. The van der Waals surface area contributed by atoms with E-state index in [0.29, 0.717) is 19.1 Å². The van der Waals surface area contributed by atoms with Crippen LogP contribution in [0.15, 0.2) is 0 Å². The lowest BCUT2D eigenvalue weighted by Gasteiger charge is -2.42. The number of halogens is 2. The van der Waals surface area contributed by atoms with E-state index in [9.17, 15) is 8.78 Å². The van der Waals surface area contributed by atoms with Crippen LogP contribution in [-0.2, 0) is 0 Å². The highest BCUT2D eigenvalue weighted by atomic mass is 19.3. The minimum Gasteiger partial charge on any atom is -0.300 e. The molecule has 100 valence electrons. The van der Waals surface area contributed by atoms with Gasteiger partial charge in [0.05, 0.1) is 0 Å². The Kier molecular flexibility index (Phi) is 4.06. The van der Waals surface area contributed by atoms with Crippen molar-refractivity contribution in [1.82, 2.24) is 4.90 Å². The maximum Gasteiger partial charge on any atom is 0.250 e. The lowest BCUT2D eigenvalue weighted by atomic mass is 9.78. The quantitative estimate of drug-likeness (QED) is 0.712. The summed E-state index contributed by atoms with van der Waals surface area (Å²) in [5, 5.41) is 0. The monoisotopic (exact) mass is 245 g/mol. The third-order valence-corrected chi connectivity index (χ3v) is 4.68. The molecule has 0 spiro atoms. The van der Waals surface area contributed by atoms with Gasteiger partial charge in [0, 0.05) is 32.0 Å². The second-order valence-electron chi connectivity index (χ2n) is 6.22. The Morgan fingerprint density at radius 1 is 1.12 bits per heavy atom. The molecule has 1 aliphatic carbocycles. The largest absolute Gasteiger partial charge is 0.300 e. The van der Waals surface area contributed by atoms with Gasteiger partial charge in [-0.05, 0) is 24.7 Å². The van der Waals surface area contributed by atoms with E-state index in [-0.39, 0.29) is 12.8 Å². The molecule has 0 aromatic heterocycles. The zero-order valence-corrected chi connectivity index (χ0v) is 11.1. The fourth-order valence-electron chi connectivity index (χ4n) is 3.35. The fraction of sp³-hybridized carbons (Fsp3) is 1.00. The van der Waals surface area contributed by atoms with Crippen LogP contribution in [0.25, 0.3) is 0 Å². The first kappa shape index (κ1) is 13.3. The predicted molar refractivity (Wildman–Crippen MR) is 66.3 cm³/mol. The van der Waals surface area contributed by atoms with E-state index in [4.69, 9.17) is 0 Å². The first-order valence-corrected chi connectivity index (χ1v) is 7.10. The highest BCUT2D eigenvalue weighted by Crippen LogP contribution is 2.35. The molecule has 0 bridgehead atoms. The van der Waals surface area contributed by atoms with Crippen LogP contribution in [0.3, 0.4) is 0 Å². The molecule has 0 amide bonds. The van der Waals surface area contributed by atoms with Gasteiger partial charge in [-0.3, -0.25) is 4.90 Å². The maximum atomic E-state index is 13.1. The Hall–Kier alpha value is -0.180. The minimum absolute atomic E-state index is 0.0653. The first-order chi connectivity index (χ1) is 7.98. The van der Waals surface area contributed by atoms with Gasteiger partial charge in [0.15, 0.2) is 0 Å². The molecule has 2 fully saturated rings. The summed E-state index contributed by atoms with van der Waals surface area (Å²) in [4.78, 5) is 2.33. The summed E-state index contributed by atoms with van der Waals surface area (Å²) in [6.45, 7) is 5.78. The minimum atomic E-state index is -2.40. The van der Waals surface area contributed by atoms with E-state index in [1.165, 1.54) is 25.7 Å². The first-order valence-electron chi connectivity index (χ1n) is 7.10. The number of rotatable bonds is 2. The Labute approximate surface area is 104 Å². The summed E-state index contributed by atoms with van der Waals surface area (Å²) in [5.41, 5.74) is 0. The van der Waals surface area contributed by atoms with Crippen molar-refractivity contribution in [1.29, 1.82) is 0 Å². The van der Waals surface area contributed by atoms with Crippen LogP contribution in [0.1, 0.15) is 52.4 Å². The maximum absolute atomic E-state index is 13.1. The zero-order chi connectivity index (χ0) is 12.5. The summed E-state index contributed by atoms with van der Waals surface area (Å²) in [6.07, 6.45) is 5.18. The lowest BCUT2D eigenvalue weighted by molar-refractivity contribution is -0.0680. The molecule has 0 aromatic carbocycles. The standard InChI is InChI=1S/C14H25F2N/c1-11(2)12-4-3-5-13(10-12)17-8-6-14(15,16)7-9-17/h11-13H,3-10H2,1-2H3/t12-,13+/m0/s1. The Morgan fingerprint density at radius 3 is 2.35 bits per heavy atom. The van der Waals surface area contributed by atoms with Crippen molar-refractivity contribution in [3.05, 3.63) is 0 Å². The van der Waals surface area contributed by atoms with Gasteiger partial charge in [-0.2, -0.15) is 0 Å². The van der Waals surface area contributed by atoms with Crippen molar-refractivity contribution in [3.63, 3.8) is 0 Å². The van der Waals surface area contributed by atoms with Crippen LogP contribution in [0, 0.1) is 11.8 Å². The topological polar surface area (TPSA) is 3.24 Å². The number of piperidine rings is 1. The van der Waals surface area contributed by atoms with E-state index in [1.807, 2.05) is 0 Å². The highest BCUT2D eigenvalue weighted by molar-refractivity contribution is 4.86. The Balaban J connectivity index is 1.86. The van der Waals surface area contributed by atoms with Crippen LogP contribution in [0.2, 0.25) is 0 Å². The van der Waals surface area contributed by atoms with E-state index in [0.717, 1.165) is 11.8 Å². The van der Waals surface area contributed by atoms with Gasteiger partial charge < -0.3 is 0 Å². The Bertz CT molecular complexity index is 243. The second-order valence-corrected chi connectivity index (χ2v) is 6.22. The number of alkyl halides is 2. The molecule has 0 N–H and O–H groups in total. The van der Waals surface area contributed by atoms with E-state index in [2.05, 4.69) is 18.7 Å². The molecule has 17 heavy (non-hydrogen) atoms. The third kappa shape index (κ3) is 3.40. The van der Waals surface area contributed by atoms with Crippen LogP contribution < -0.4 is 0 Å². The van der Waals surface area contributed by atoms with Gasteiger partial charge in [0.2, 0.25) is 0 Å². The smallest absolute Gasteiger partial charge is 0.250 e. The van der Waals surface area contributed by atoms with Crippen LogP contribution in [-0.4, -0.2) is 30.0 Å². The van der Waals surface area contributed by atoms with E-state index in [1.54, 1.807) is 0 Å². The summed E-state index contributed by atoms with van der Waals surface area (Å²) in [5.74, 6) is -0.858. The van der Waals surface area contributed by atoms with Crippen molar-refractivity contribution in [2.75, 3.05) is 13.1 Å². The van der Waals surface area contributed by atoms with Crippen LogP contribution in [0.5, 0.6) is 0 Å². The zero-order valence-electron chi connectivity index (χ0n) is 11.1. The summed E-state index contributed by atoms with van der Waals surface area (Å²) >= 11 is 0. The molecule has 0 aromatic rings. The van der Waals surface area contributed by atoms with Gasteiger partial charge in [0.25, 0.3) is 5.92 Å². The predicted octanol–water partition coefficient (Wildman–Crippen LogP) is 3.93. The van der Waals surface area contributed by atoms with Crippen molar-refractivity contribution in [2.24, 2.45) is 11.8 Å². The molecule has 2 rings (SSSR count). The summed E-state index contributed by atoms with van der Waals surface area (Å²) < 4.78 is 26.2. The van der Waals surface area contributed by atoms with Crippen LogP contribution >= 0.6 is 0 Å². The normalized spacial score (nSPS) is 35.1. The molecular weight excluding hydrogens is 220 g/mol. The van der Waals surface area contributed by atoms with Crippen molar-refractivity contribution < 1.29 is 8.78 Å². The number of hydrogen-bond donors (Lipinski definition) is 0. The van der Waals surface area contributed by atoms with E-state index < -0.39 is 5.92 Å². The fourth-order valence-corrected chi connectivity index (χ4v) is 3.35. The molecule has 1 aliphatic heterocycles. The molecule has 1 saturated heterocycles. The van der Waals surface area contributed by atoms with Gasteiger partial charge in [-0.15, -0.1) is 0 Å². The summed E-state index contributed by atoms with van der Waals surface area (Å²) in [6, 6.07) is 0.576. The average Bonchev–Trinajstić information content (AvgIpc) is 2.29. The van der Waals surface area contributed by atoms with Crippen molar-refractivity contribution in [3.8, 4) is 0 Å². The lowest BCUT2D eigenvalue weighted by Crippen LogP contribution is -2.47. The number of hydrogen-bond acceptors (Lipinski definition) is 1. The Morgan fingerprint density at radius 2 is 1.76 bits per heavy atom. The summed E-state index contributed by atoms with van der Waals surface area (Å²) in [7, 11) is 0. The van der Waals surface area contributed by atoms with Gasteiger partial charge >= 0.3 is 0 Å². The van der Waals surface area contributed by atoms with Gasteiger partial charge in [-0.25, -0.2) is 8.78 Å². The SMILES string of the molecule is CC(C)[C@H]1CCC[C@@H](N2CCC(F)(F)CC2)C1. The molecule has 1 saturated carbocycles. The van der Waals surface area contributed by atoms with Gasteiger partial charge in [0.1, 0.15) is 0 Å². The van der Waals surface area contributed by atoms with Crippen LogP contribution in [0.4, 0.5) is 8.78 Å². The molecule has 2 aliphatic rings. The second kappa shape index (κ2) is 5.21. The van der Waals surface area contributed by atoms with E-state index >= 15 is 0 Å². The van der Waals surface area contributed by atoms with Crippen molar-refractivity contribution >= 4 is 0 Å². The number of nitrogens with zero attached hydrogens (tertiary/aromatic N) is 1. The van der Waals surface area contributed by atoms with Crippen molar-refractivity contribution in [2.45, 2.75) is 64.3 Å². The molecule has 2 atom stereocenters. The molecule has 0 radical (unpaired) electrons.